The van der Waals surface area contributed by atoms with Crippen molar-refractivity contribution in [2.75, 3.05) is 6.61 Å². The van der Waals surface area contributed by atoms with Crippen LogP contribution in [-0.4, -0.2) is 38.7 Å². The maximum Gasteiger partial charge on any atom is 0.302 e. The first-order valence-electron chi connectivity index (χ1n) is 12.8. The lowest BCUT2D eigenvalue weighted by molar-refractivity contribution is -0.141. The largest absolute Gasteiger partial charge is 0.466 e. The highest BCUT2D eigenvalue weighted by Crippen LogP contribution is 2.49. The van der Waals surface area contributed by atoms with Crippen LogP contribution in [0.4, 0.5) is 0 Å². The summed E-state index contributed by atoms with van der Waals surface area (Å²) in [6, 6.07) is 10.2. The van der Waals surface area contributed by atoms with Gasteiger partial charge in [-0.1, -0.05) is 54.1 Å². The van der Waals surface area contributed by atoms with Gasteiger partial charge in [0.05, 0.1) is 11.5 Å². The summed E-state index contributed by atoms with van der Waals surface area (Å²) in [5.74, 6) is 1.17. The van der Waals surface area contributed by atoms with Gasteiger partial charge >= 0.3 is 5.97 Å². The van der Waals surface area contributed by atoms with Gasteiger partial charge in [-0.3, -0.25) is 14.5 Å². The van der Waals surface area contributed by atoms with E-state index in [0.717, 1.165) is 60.5 Å². The maximum atomic E-state index is 13.5. The molecule has 8 heteroatoms. The first kappa shape index (κ1) is 25.6. The number of nitrogens with zero attached hydrogens (tertiary/aromatic N) is 1. The smallest absolute Gasteiger partial charge is 0.302 e. The van der Waals surface area contributed by atoms with Gasteiger partial charge in [-0.2, -0.15) is 0 Å². The Morgan fingerprint density at radius 3 is 2.72 bits per heavy atom. The Morgan fingerprint density at radius 2 is 2.03 bits per heavy atom. The number of ether oxygens (including phenoxy) is 1. The number of carbonyl (C=O) groups excluding carboxylic acids is 2. The van der Waals surface area contributed by atoms with Crippen molar-refractivity contribution >= 4 is 57.9 Å². The van der Waals surface area contributed by atoms with Crippen molar-refractivity contribution in [2.45, 2.75) is 64.3 Å². The second kappa shape index (κ2) is 11.1. The minimum atomic E-state index is -0.238. The second-order valence-corrected chi connectivity index (χ2v) is 12.2. The minimum absolute atomic E-state index is 0.0533. The van der Waals surface area contributed by atoms with Crippen molar-refractivity contribution in [3.05, 3.63) is 51.5 Å². The van der Waals surface area contributed by atoms with Crippen LogP contribution >= 0.6 is 35.6 Å². The molecule has 36 heavy (non-hydrogen) atoms. The Labute approximate surface area is 227 Å². The molecule has 1 N–H and O–H groups in total. The quantitative estimate of drug-likeness (QED) is 0.160. The number of rotatable bonds is 9. The number of amides is 1. The Morgan fingerprint density at radius 1 is 1.22 bits per heavy atom. The number of hydrogen-bond donors (Lipinski definition) is 1. The number of nitrogens with one attached hydrogen (secondary N) is 1. The number of thioether (sulfide) groups is 1. The fourth-order valence-electron chi connectivity index (χ4n) is 5.87. The van der Waals surface area contributed by atoms with Gasteiger partial charge in [-0.25, -0.2) is 0 Å². The summed E-state index contributed by atoms with van der Waals surface area (Å²) < 4.78 is 5.74. The number of carbonyl (C=O) groups is 2. The van der Waals surface area contributed by atoms with Crippen LogP contribution in [0.1, 0.15) is 63.1 Å². The molecule has 1 aromatic carbocycles. The summed E-state index contributed by atoms with van der Waals surface area (Å²) in [7, 11) is 0. The Bertz CT molecular complexity index is 1190. The summed E-state index contributed by atoms with van der Waals surface area (Å²) in [6.07, 6.45) is 10.5. The molecule has 5 nitrogen and oxygen atoms in total. The molecule has 1 amide bonds. The van der Waals surface area contributed by atoms with E-state index in [9.17, 15) is 9.59 Å². The Hall–Kier alpha value is -2.09. The standard InChI is InChI=1S/C28H31ClN2O3S2/c1-17(32)34-12-4-2-3-5-20-15-23(19-8-10-22(29)11-9-19)30-24(20)16-26-27(33)31(28(35)36-26)25-14-18-6-7-21(25)13-18/h8-11,15-16,18,21,25,30H,2-7,12-14H2,1H3/b26-16-. The first-order valence-corrected chi connectivity index (χ1v) is 14.4. The number of halogens is 1. The van der Waals surface area contributed by atoms with E-state index in [-0.39, 0.29) is 17.9 Å². The third kappa shape index (κ3) is 5.58. The number of unbranched alkanes of at least 4 members (excludes halogenated alkanes) is 2. The molecule has 3 unspecified atom stereocenters. The molecule has 2 heterocycles. The van der Waals surface area contributed by atoms with Crippen LogP contribution < -0.4 is 0 Å². The summed E-state index contributed by atoms with van der Waals surface area (Å²) in [5, 5.41) is 0.697. The summed E-state index contributed by atoms with van der Waals surface area (Å²) in [6.45, 7) is 1.89. The van der Waals surface area contributed by atoms with Crippen LogP contribution in [0.15, 0.2) is 35.2 Å². The van der Waals surface area contributed by atoms with Crippen molar-refractivity contribution in [2.24, 2.45) is 11.8 Å². The van der Waals surface area contributed by atoms with Crippen molar-refractivity contribution in [3.8, 4) is 11.3 Å². The van der Waals surface area contributed by atoms with E-state index in [1.165, 1.54) is 37.9 Å². The highest BCUT2D eigenvalue weighted by Gasteiger charge is 2.48. The first-order chi connectivity index (χ1) is 17.4. The zero-order chi connectivity index (χ0) is 25.2. The summed E-state index contributed by atoms with van der Waals surface area (Å²) in [5.41, 5.74) is 4.16. The molecule has 2 saturated carbocycles. The number of fused-ring (bicyclic) bond motifs is 2. The molecule has 1 saturated heterocycles. The fraction of sp³-hybridized carbons (Fsp3) is 0.464. The zero-order valence-corrected chi connectivity index (χ0v) is 22.8. The molecule has 3 aliphatic rings. The molecule has 0 radical (unpaired) electrons. The Kier molecular flexibility index (Phi) is 7.89. The third-order valence-corrected chi connectivity index (χ3v) is 9.20. The molecule has 3 atom stereocenters. The van der Waals surface area contributed by atoms with Crippen molar-refractivity contribution in [1.29, 1.82) is 0 Å². The zero-order valence-electron chi connectivity index (χ0n) is 20.4. The van der Waals surface area contributed by atoms with E-state index < -0.39 is 0 Å². The molecule has 190 valence electrons. The SMILES string of the molecule is CC(=O)OCCCCCc1cc(-c2ccc(Cl)cc2)[nH]c1/C=C1\SC(=S)N(C2CC3CCC2C3)C1=O. The topological polar surface area (TPSA) is 62.4 Å². The van der Waals surface area contributed by atoms with Crippen LogP contribution in [0.3, 0.4) is 0 Å². The van der Waals surface area contributed by atoms with E-state index in [0.29, 0.717) is 26.8 Å². The number of benzene rings is 1. The second-order valence-electron chi connectivity index (χ2n) is 10.1. The van der Waals surface area contributed by atoms with E-state index in [4.69, 9.17) is 28.6 Å². The molecule has 2 bridgehead atoms. The van der Waals surface area contributed by atoms with Gasteiger partial charge < -0.3 is 9.72 Å². The number of thiocarbonyl (C=S) groups is 1. The number of aromatic amines is 1. The number of aromatic nitrogens is 1. The third-order valence-electron chi connectivity index (χ3n) is 7.62. The molecule has 2 aliphatic carbocycles. The Balaban J connectivity index is 1.34. The van der Waals surface area contributed by atoms with Crippen molar-refractivity contribution in [1.82, 2.24) is 9.88 Å². The van der Waals surface area contributed by atoms with E-state index in [1.54, 1.807) is 0 Å². The van der Waals surface area contributed by atoms with Gasteiger partial charge in [-0.15, -0.1) is 0 Å². The molecule has 2 aromatic rings. The molecule has 1 aliphatic heterocycles. The van der Waals surface area contributed by atoms with Crippen LogP contribution in [0.5, 0.6) is 0 Å². The summed E-state index contributed by atoms with van der Waals surface area (Å²) >= 11 is 13.2. The van der Waals surface area contributed by atoms with Crippen molar-refractivity contribution < 1.29 is 14.3 Å². The molecule has 3 fully saturated rings. The minimum Gasteiger partial charge on any atom is -0.466 e. The highest BCUT2D eigenvalue weighted by atomic mass is 35.5. The molecule has 5 rings (SSSR count). The monoisotopic (exact) mass is 542 g/mol. The van der Waals surface area contributed by atoms with Gasteiger partial charge in [0.2, 0.25) is 0 Å². The van der Waals surface area contributed by atoms with Crippen LogP contribution in [-0.2, 0) is 20.7 Å². The maximum absolute atomic E-state index is 13.5. The predicted octanol–water partition coefficient (Wildman–Crippen LogP) is 7.00. The fourth-order valence-corrected chi connectivity index (χ4v) is 7.35. The number of H-pyrrole nitrogens is 1. The number of aryl methyl sites for hydroxylation is 1. The van der Waals surface area contributed by atoms with E-state index in [2.05, 4.69) is 11.1 Å². The van der Waals surface area contributed by atoms with Gasteiger partial charge in [0, 0.05) is 29.4 Å². The number of hydrogen-bond acceptors (Lipinski definition) is 5. The highest BCUT2D eigenvalue weighted by molar-refractivity contribution is 8.26. The molecule has 1 aromatic heterocycles. The lowest BCUT2D eigenvalue weighted by atomic mass is 9.94. The van der Waals surface area contributed by atoms with Gasteiger partial charge in [0.15, 0.2) is 0 Å². The van der Waals surface area contributed by atoms with Crippen LogP contribution in [0.25, 0.3) is 17.3 Å². The lowest BCUT2D eigenvalue weighted by Gasteiger charge is -2.30. The lowest BCUT2D eigenvalue weighted by Crippen LogP contribution is -2.41. The predicted molar refractivity (Wildman–Crippen MR) is 150 cm³/mol. The van der Waals surface area contributed by atoms with Crippen LogP contribution in [0, 0.1) is 11.8 Å². The normalized spacial score (nSPS) is 24.3. The van der Waals surface area contributed by atoms with Gasteiger partial charge in [0.1, 0.15) is 4.32 Å². The van der Waals surface area contributed by atoms with Gasteiger partial charge in [0.25, 0.3) is 5.91 Å². The molecular formula is C28H31ClN2O3S2. The van der Waals surface area contributed by atoms with Crippen molar-refractivity contribution in [3.63, 3.8) is 0 Å². The number of esters is 1. The van der Waals surface area contributed by atoms with E-state index in [1.807, 2.05) is 35.2 Å². The van der Waals surface area contributed by atoms with Crippen LogP contribution in [0.2, 0.25) is 5.02 Å². The summed E-state index contributed by atoms with van der Waals surface area (Å²) in [4.78, 5) is 30.6. The molecular weight excluding hydrogens is 512 g/mol. The van der Waals surface area contributed by atoms with Gasteiger partial charge in [-0.05, 0) is 92.2 Å². The van der Waals surface area contributed by atoms with E-state index >= 15 is 0 Å². The molecule has 0 spiro atoms. The average Bonchev–Trinajstić information content (AvgIpc) is 3.62. The average molecular weight is 543 g/mol.